The average molecular weight is 383 g/mol. The molecule has 0 aliphatic carbocycles. The molecule has 0 amide bonds. The van der Waals surface area contributed by atoms with Crippen LogP contribution in [-0.2, 0) is 17.6 Å². The number of carbonyl (C=O) groups is 1. The average Bonchev–Trinajstić information content (AvgIpc) is 2.97. The van der Waals surface area contributed by atoms with Crippen molar-refractivity contribution >= 4 is 51.2 Å². The maximum atomic E-state index is 11.8. The van der Waals surface area contributed by atoms with Gasteiger partial charge in [-0.05, 0) is 48.8 Å². The third-order valence-electron chi connectivity index (χ3n) is 3.35. The number of nitrogens with one attached hydrogen (secondary N) is 2. The highest BCUT2D eigenvalue weighted by molar-refractivity contribution is 7.80. The van der Waals surface area contributed by atoms with Gasteiger partial charge < -0.3 is 15.4 Å². The highest BCUT2D eigenvalue weighted by Crippen LogP contribution is 2.29. The Kier molecular flexibility index (Phi) is 7.02. The van der Waals surface area contributed by atoms with E-state index in [1.165, 1.54) is 18.4 Å². The lowest BCUT2D eigenvalue weighted by molar-refractivity contribution is 0.0602. The predicted molar refractivity (Wildman–Crippen MR) is 104 cm³/mol. The second kappa shape index (κ2) is 9.01. The maximum absolute atomic E-state index is 11.8. The summed E-state index contributed by atoms with van der Waals surface area (Å²) in [5, 5.41) is 8.14. The molecule has 0 atom stereocenters. The SMILES string of the molecule is CCc1cc(C(=O)OC)c(NC(=S)NCCc2cccc(Cl)c2)s1. The molecule has 7 heteroatoms. The second-order valence-corrected chi connectivity index (χ2v) is 7.04. The zero-order chi connectivity index (χ0) is 17.5. The highest BCUT2D eigenvalue weighted by Gasteiger charge is 2.16. The number of thiocarbonyl (C=S) groups is 1. The maximum Gasteiger partial charge on any atom is 0.340 e. The monoisotopic (exact) mass is 382 g/mol. The number of hydrogen-bond acceptors (Lipinski definition) is 4. The summed E-state index contributed by atoms with van der Waals surface area (Å²) in [6.07, 6.45) is 1.65. The van der Waals surface area contributed by atoms with E-state index < -0.39 is 0 Å². The molecule has 24 heavy (non-hydrogen) atoms. The molecule has 0 spiro atoms. The number of halogens is 1. The number of esters is 1. The number of benzene rings is 1. The van der Waals surface area contributed by atoms with Crippen LogP contribution in [0.3, 0.4) is 0 Å². The second-order valence-electron chi connectivity index (χ2n) is 5.06. The Balaban J connectivity index is 1.92. The van der Waals surface area contributed by atoms with E-state index in [1.54, 1.807) is 0 Å². The van der Waals surface area contributed by atoms with Crippen molar-refractivity contribution in [1.82, 2.24) is 5.32 Å². The number of ether oxygens (including phenoxy) is 1. The van der Waals surface area contributed by atoms with Crippen LogP contribution >= 0.6 is 35.2 Å². The quantitative estimate of drug-likeness (QED) is 0.576. The zero-order valence-corrected chi connectivity index (χ0v) is 15.9. The van der Waals surface area contributed by atoms with E-state index in [9.17, 15) is 4.79 Å². The molecule has 0 fully saturated rings. The van der Waals surface area contributed by atoms with Crippen molar-refractivity contribution in [2.75, 3.05) is 19.0 Å². The van der Waals surface area contributed by atoms with Crippen LogP contribution in [0.5, 0.6) is 0 Å². The summed E-state index contributed by atoms with van der Waals surface area (Å²) < 4.78 is 4.82. The summed E-state index contributed by atoms with van der Waals surface area (Å²) in [5.41, 5.74) is 1.65. The van der Waals surface area contributed by atoms with E-state index in [2.05, 4.69) is 10.6 Å². The van der Waals surface area contributed by atoms with Crippen LogP contribution < -0.4 is 10.6 Å². The van der Waals surface area contributed by atoms with Crippen molar-refractivity contribution in [2.24, 2.45) is 0 Å². The van der Waals surface area contributed by atoms with Gasteiger partial charge in [-0.3, -0.25) is 0 Å². The van der Waals surface area contributed by atoms with Gasteiger partial charge in [0.05, 0.1) is 12.7 Å². The third kappa shape index (κ3) is 5.19. The Bertz CT molecular complexity index is 731. The summed E-state index contributed by atoms with van der Waals surface area (Å²) in [5.74, 6) is -0.366. The molecule has 1 heterocycles. The molecule has 0 radical (unpaired) electrons. The molecule has 2 aromatic rings. The Morgan fingerprint density at radius 1 is 1.38 bits per heavy atom. The standard InChI is InChI=1S/C17H19ClN2O2S2/c1-3-13-10-14(16(21)22-2)15(24-13)20-17(23)19-8-7-11-5-4-6-12(18)9-11/h4-6,9-10H,3,7-8H2,1-2H3,(H2,19,20,23). The fourth-order valence-electron chi connectivity index (χ4n) is 2.13. The molecule has 0 aliphatic rings. The predicted octanol–water partition coefficient (Wildman–Crippen LogP) is 4.28. The molecule has 2 N–H and O–H groups in total. The lowest BCUT2D eigenvalue weighted by atomic mass is 10.1. The van der Waals surface area contributed by atoms with Crippen LogP contribution in [-0.4, -0.2) is 24.7 Å². The van der Waals surface area contributed by atoms with Gasteiger partial charge in [0.25, 0.3) is 0 Å². The fourth-order valence-corrected chi connectivity index (χ4v) is 3.60. The zero-order valence-electron chi connectivity index (χ0n) is 13.5. The molecular weight excluding hydrogens is 364 g/mol. The van der Waals surface area contributed by atoms with Crippen LogP contribution in [0.15, 0.2) is 30.3 Å². The topological polar surface area (TPSA) is 50.4 Å². The number of hydrogen-bond donors (Lipinski definition) is 2. The summed E-state index contributed by atoms with van der Waals surface area (Å²) >= 11 is 12.8. The minimum atomic E-state index is -0.366. The van der Waals surface area contributed by atoms with E-state index in [0.29, 0.717) is 22.2 Å². The minimum absolute atomic E-state index is 0.366. The molecule has 0 bridgehead atoms. The van der Waals surface area contributed by atoms with Gasteiger partial charge in [0, 0.05) is 16.4 Å². The number of carbonyl (C=O) groups excluding carboxylic acids is 1. The first-order chi connectivity index (χ1) is 11.5. The van der Waals surface area contributed by atoms with E-state index in [0.717, 1.165) is 28.3 Å². The van der Waals surface area contributed by atoms with Gasteiger partial charge in [0.1, 0.15) is 5.00 Å². The number of methoxy groups -OCH3 is 1. The normalized spacial score (nSPS) is 10.3. The van der Waals surface area contributed by atoms with Crippen LogP contribution in [0.4, 0.5) is 5.00 Å². The molecule has 0 unspecified atom stereocenters. The largest absolute Gasteiger partial charge is 0.465 e. The lowest BCUT2D eigenvalue weighted by Gasteiger charge is -2.10. The van der Waals surface area contributed by atoms with E-state index in [1.807, 2.05) is 37.3 Å². The molecule has 1 aromatic carbocycles. The van der Waals surface area contributed by atoms with Crippen molar-refractivity contribution in [1.29, 1.82) is 0 Å². The van der Waals surface area contributed by atoms with Crippen molar-refractivity contribution in [3.8, 4) is 0 Å². The summed E-state index contributed by atoms with van der Waals surface area (Å²) in [6.45, 7) is 2.71. The first kappa shape index (κ1) is 18.7. The minimum Gasteiger partial charge on any atom is -0.465 e. The third-order valence-corrected chi connectivity index (χ3v) is 5.03. The van der Waals surface area contributed by atoms with E-state index in [4.69, 9.17) is 28.6 Å². The van der Waals surface area contributed by atoms with Crippen molar-refractivity contribution < 1.29 is 9.53 Å². The number of rotatable bonds is 6. The molecule has 0 aliphatic heterocycles. The molecule has 4 nitrogen and oxygen atoms in total. The van der Waals surface area contributed by atoms with Gasteiger partial charge in [-0.25, -0.2) is 4.79 Å². The van der Waals surface area contributed by atoms with Crippen molar-refractivity contribution in [2.45, 2.75) is 19.8 Å². The summed E-state index contributed by atoms with van der Waals surface area (Å²) in [7, 11) is 1.37. The summed E-state index contributed by atoms with van der Waals surface area (Å²) in [4.78, 5) is 12.9. The van der Waals surface area contributed by atoms with Gasteiger partial charge in [-0.1, -0.05) is 30.7 Å². The Morgan fingerprint density at radius 2 is 2.17 bits per heavy atom. The first-order valence-electron chi connectivity index (χ1n) is 7.53. The number of thiophene rings is 1. The van der Waals surface area contributed by atoms with Crippen LogP contribution in [0.2, 0.25) is 5.02 Å². The number of anilines is 1. The molecule has 128 valence electrons. The molecule has 0 saturated carbocycles. The van der Waals surface area contributed by atoms with Gasteiger partial charge in [0.2, 0.25) is 0 Å². The van der Waals surface area contributed by atoms with Crippen molar-refractivity contribution in [3.05, 3.63) is 51.4 Å². The smallest absolute Gasteiger partial charge is 0.340 e. The van der Waals surface area contributed by atoms with Crippen molar-refractivity contribution in [3.63, 3.8) is 0 Å². The van der Waals surface area contributed by atoms with Gasteiger partial charge in [-0.15, -0.1) is 11.3 Å². The molecule has 2 rings (SSSR count). The molecule has 0 saturated heterocycles. The number of aryl methyl sites for hydroxylation is 1. The van der Waals surface area contributed by atoms with Gasteiger partial charge in [0.15, 0.2) is 5.11 Å². The fraction of sp³-hybridized carbons (Fsp3) is 0.294. The Morgan fingerprint density at radius 3 is 2.83 bits per heavy atom. The Labute approximate surface area is 156 Å². The molecular formula is C17H19ClN2O2S2. The van der Waals surface area contributed by atoms with Crippen LogP contribution in [0, 0.1) is 0 Å². The van der Waals surface area contributed by atoms with Gasteiger partial charge in [-0.2, -0.15) is 0 Å². The van der Waals surface area contributed by atoms with Crippen LogP contribution in [0.1, 0.15) is 27.7 Å². The summed E-state index contributed by atoms with van der Waals surface area (Å²) in [6, 6.07) is 9.57. The highest BCUT2D eigenvalue weighted by atomic mass is 35.5. The van der Waals surface area contributed by atoms with Crippen LogP contribution in [0.25, 0.3) is 0 Å². The van der Waals surface area contributed by atoms with E-state index in [-0.39, 0.29) is 5.97 Å². The Hall–Kier alpha value is -1.63. The molecule has 1 aromatic heterocycles. The first-order valence-corrected chi connectivity index (χ1v) is 9.14. The van der Waals surface area contributed by atoms with Gasteiger partial charge >= 0.3 is 5.97 Å². The van der Waals surface area contributed by atoms with E-state index >= 15 is 0 Å². The lowest BCUT2D eigenvalue weighted by Crippen LogP contribution is -2.30.